The molecular weight excluding hydrogens is 398 g/mol. The van der Waals surface area contributed by atoms with E-state index >= 15 is 0 Å². The van der Waals surface area contributed by atoms with Gasteiger partial charge in [-0.05, 0) is 50.6 Å². The summed E-state index contributed by atoms with van der Waals surface area (Å²) in [6.45, 7) is 4.71. The molecule has 2 aliphatic rings. The van der Waals surface area contributed by atoms with E-state index in [9.17, 15) is 9.59 Å². The fourth-order valence-corrected chi connectivity index (χ4v) is 4.99. The summed E-state index contributed by atoms with van der Waals surface area (Å²) in [7, 11) is 2.05. The van der Waals surface area contributed by atoms with Crippen molar-refractivity contribution in [1.29, 1.82) is 0 Å². The highest BCUT2D eigenvalue weighted by molar-refractivity contribution is 5.94. The van der Waals surface area contributed by atoms with E-state index in [1.54, 1.807) is 0 Å². The number of likely N-dealkylation sites (tertiary alicyclic amines) is 1. The lowest BCUT2D eigenvalue weighted by molar-refractivity contribution is -0.122. The number of hydrogen-bond donors (Lipinski definition) is 2. The maximum atomic E-state index is 13.1. The van der Waals surface area contributed by atoms with Crippen molar-refractivity contribution in [2.75, 3.05) is 24.2 Å². The van der Waals surface area contributed by atoms with E-state index < -0.39 is 5.41 Å². The Labute approximate surface area is 190 Å². The molecule has 0 aromatic heterocycles. The Kier molecular flexibility index (Phi) is 6.17. The lowest BCUT2D eigenvalue weighted by Gasteiger charge is -2.34. The monoisotopic (exact) mass is 429 g/mol. The molecule has 0 bridgehead atoms. The lowest BCUT2D eigenvalue weighted by Crippen LogP contribution is -2.38. The quantitative estimate of drug-likeness (QED) is 0.675. The van der Waals surface area contributed by atoms with E-state index in [0.717, 1.165) is 28.9 Å². The molecule has 2 N–H and O–H groups in total. The summed E-state index contributed by atoms with van der Waals surface area (Å²) in [6, 6.07) is 15.6. The first-order chi connectivity index (χ1) is 15.3. The van der Waals surface area contributed by atoms with Crippen LogP contribution in [0, 0.1) is 25.2 Å². The number of nitrogens with zero attached hydrogens (tertiary/aromatic N) is 1. The Morgan fingerprint density at radius 2 is 1.41 bits per heavy atom. The standard InChI is InChI=1S/C27H31N3O2/c1-19-8-12-21(13-9-19)28-25(31)16-27(18-30(3)24-7-5-4-6-23(24)27)17-26(32)29-22-14-10-20(2)11-15-22/h4-5,7-15,23H,6,16-18H2,1-3H3,(H,28,31)(H,29,32). The van der Waals surface area contributed by atoms with Gasteiger partial charge in [0.2, 0.25) is 11.8 Å². The molecule has 32 heavy (non-hydrogen) atoms. The third-order valence-corrected chi connectivity index (χ3v) is 6.56. The summed E-state index contributed by atoms with van der Waals surface area (Å²) >= 11 is 0. The van der Waals surface area contributed by atoms with Crippen LogP contribution in [-0.2, 0) is 9.59 Å². The fourth-order valence-electron chi connectivity index (χ4n) is 4.99. The van der Waals surface area contributed by atoms with E-state index in [0.29, 0.717) is 19.4 Å². The number of hydrogen-bond acceptors (Lipinski definition) is 3. The van der Waals surface area contributed by atoms with E-state index in [-0.39, 0.29) is 17.7 Å². The van der Waals surface area contributed by atoms with Crippen LogP contribution in [0.4, 0.5) is 11.4 Å². The molecule has 1 unspecified atom stereocenters. The number of amides is 2. The molecule has 0 spiro atoms. The molecule has 2 amide bonds. The minimum atomic E-state index is -0.463. The maximum Gasteiger partial charge on any atom is 0.225 e. The van der Waals surface area contributed by atoms with Crippen molar-refractivity contribution < 1.29 is 9.59 Å². The predicted octanol–water partition coefficient (Wildman–Crippen LogP) is 5.05. The fraction of sp³-hybridized carbons (Fsp3) is 0.333. The smallest absolute Gasteiger partial charge is 0.225 e. The minimum Gasteiger partial charge on any atom is -0.377 e. The van der Waals surface area contributed by atoms with Gasteiger partial charge in [-0.3, -0.25) is 9.59 Å². The third kappa shape index (κ3) is 4.77. The predicted molar refractivity (Wildman–Crippen MR) is 129 cm³/mol. The SMILES string of the molecule is Cc1ccc(NC(=O)CC2(CC(=O)Nc3ccc(C)cc3)CN(C)C3=CC=CCC32)cc1. The summed E-state index contributed by atoms with van der Waals surface area (Å²) in [6.07, 6.45) is 7.75. The zero-order chi connectivity index (χ0) is 22.7. The van der Waals surface area contributed by atoms with Crippen LogP contribution in [0.5, 0.6) is 0 Å². The van der Waals surface area contributed by atoms with Gasteiger partial charge in [-0.2, -0.15) is 0 Å². The van der Waals surface area contributed by atoms with Crippen LogP contribution in [-0.4, -0.2) is 30.3 Å². The normalized spacial score (nSPS) is 18.7. The highest BCUT2D eigenvalue weighted by Gasteiger charge is 2.50. The highest BCUT2D eigenvalue weighted by Crippen LogP contribution is 2.50. The van der Waals surface area contributed by atoms with Crippen molar-refractivity contribution >= 4 is 23.2 Å². The first-order valence-corrected chi connectivity index (χ1v) is 11.2. The Hall–Kier alpha value is -3.34. The number of benzene rings is 2. The Bertz CT molecular complexity index is 990. The average Bonchev–Trinajstić information content (AvgIpc) is 3.03. The molecule has 1 fully saturated rings. The van der Waals surface area contributed by atoms with Gasteiger partial charge < -0.3 is 15.5 Å². The van der Waals surface area contributed by atoms with Crippen molar-refractivity contribution in [2.45, 2.75) is 33.1 Å². The molecule has 2 aromatic rings. The van der Waals surface area contributed by atoms with Gasteiger partial charge in [-0.25, -0.2) is 0 Å². The number of fused-ring (bicyclic) bond motifs is 1. The van der Waals surface area contributed by atoms with Crippen LogP contribution in [0.3, 0.4) is 0 Å². The summed E-state index contributed by atoms with van der Waals surface area (Å²) in [5.41, 5.74) is 4.60. The van der Waals surface area contributed by atoms with Gasteiger partial charge in [0.1, 0.15) is 0 Å². The molecule has 1 aliphatic carbocycles. The van der Waals surface area contributed by atoms with Gasteiger partial charge in [0.15, 0.2) is 0 Å². The zero-order valence-electron chi connectivity index (χ0n) is 19.0. The van der Waals surface area contributed by atoms with Crippen LogP contribution >= 0.6 is 0 Å². The zero-order valence-corrected chi connectivity index (χ0v) is 19.0. The van der Waals surface area contributed by atoms with E-state index in [4.69, 9.17) is 0 Å². The van der Waals surface area contributed by atoms with Gasteiger partial charge in [-0.1, -0.05) is 47.5 Å². The Morgan fingerprint density at radius 1 is 0.906 bits per heavy atom. The number of anilines is 2. The molecule has 5 nitrogen and oxygen atoms in total. The van der Waals surface area contributed by atoms with Crippen LogP contribution in [0.1, 0.15) is 30.4 Å². The summed E-state index contributed by atoms with van der Waals surface area (Å²) in [5, 5.41) is 6.07. The average molecular weight is 430 g/mol. The molecule has 1 atom stereocenters. The van der Waals surface area contributed by atoms with Gasteiger partial charge in [0.05, 0.1) is 0 Å². The number of carbonyl (C=O) groups excluding carboxylic acids is 2. The van der Waals surface area contributed by atoms with Gasteiger partial charge >= 0.3 is 0 Å². The molecule has 1 saturated heterocycles. The number of carbonyl (C=O) groups is 2. The summed E-state index contributed by atoms with van der Waals surface area (Å²) < 4.78 is 0. The van der Waals surface area contributed by atoms with Crippen LogP contribution < -0.4 is 10.6 Å². The number of nitrogens with one attached hydrogen (secondary N) is 2. The molecule has 166 valence electrons. The Balaban J connectivity index is 1.54. The molecular formula is C27H31N3O2. The summed E-state index contributed by atoms with van der Waals surface area (Å²) in [4.78, 5) is 28.4. The number of allylic oxidation sites excluding steroid dienone is 4. The molecule has 4 rings (SSSR count). The van der Waals surface area contributed by atoms with Crippen molar-refractivity contribution in [2.24, 2.45) is 11.3 Å². The number of rotatable bonds is 6. The third-order valence-electron chi connectivity index (χ3n) is 6.56. The summed E-state index contributed by atoms with van der Waals surface area (Å²) in [5.74, 6) is 0.0346. The maximum absolute atomic E-state index is 13.1. The van der Waals surface area contributed by atoms with Crippen molar-refractivity contribution in [1.82, 2.24) is 4.90 Å². The van der Waals surface area contributed by atoms with Gasteiger partial charge in [-0.15, -0.1) is 0 Å². The largest absolute Gasteiger partial charge is 0.377 e. The molecule has 1 aliphatic heterocycles. The highest BCUT2D eigenvalue weighted by atomic mass is 16.2. The van der Waals surface area contributed by atoms with E-state index in [2.05, 4.69) is 40.8 Å². The molecule has 2 aromatic carbocycles. The lowest BCUT2D eigenvalue weighted by atomic mass is 9.69. The second kappa shape index (κ2) is 9.03. The van der Waals surface area contributed by atoms with Crippen LogP contribution in [0.15, 0.2) is 72.5 Å². The molecule has 5 heteroatoms. The van der Waals surface area contributed by atoms with Gasteiger partial charge in [0.25, 0.3) is 0 Å². The molecule has 0 radical (unpaired) electrons. The second-order valence-electron chi connectivity index (χ2n) is 9.21. The second-order valence-corrected chi connectivity index (χ2v) is 9.21. The van der Waals surface area contributed by atoms with Crippen molar-refractivity contribution in [3.8, 4) is 0 Å². The van der Waals surface area contributed by atoms with Crippen molar-refractivity contribution in [3.63, 3.8) is 0 Å². The van der Waals surface area contributed by atoms with E-state index in [1.807, 2.05) is 62.4 Å². The van der Waals surface area contributed by atoms with Crippen molar-refractivity contribution in [3.05, 3.63) is 83.6 Å². The first-order valence-electron chi connectivity index (χ1n) is 11.2. The van der Waals surface area contributed by atoms with Crippen LogP contribution in [0.25, 0.3) is 0 Å². The topological polar surface area (TPSA) is 61.4 Å². The van der Waals surface area contributed by atoms with E-state index in [1.165, 1.54) is 5.70 Å². The minimum absolute atomic E-state index is 0.0545. The van der Waals surface area contributed by atoms with Gasteiger partial charge in [0, 0.05) is 54.8 Å². The first kappa shape index (κ1) is 21.9. The molecule has 0 saturated carbocycles. The number of aryl methyl sites for hydroxylation is 2. The Morgan fingerprint density at radius 3 is 1.91 bits per heavy atom. The molecule has 1 heterocycles. The van der Waals surface area contributed by atoms with Crippen LogP contribution in [0.2, 0.25) is 0 Å².